The quantitative estimate of drug-likeness (QED) is 0.923. The van der Waals surface area contributed by atoms with Crippen molar-refractivity contribution < 1.29 is 9.47 Å². The maximum absolute atomic E-state index is 5.89. The number of para-hydroxylation sites is 1. The Balaban J connectivity index is 1.62. The number of likely N-dealkylation sites (N-methyl/N-ethyl adjacent to an activating group) is 1. The van der Waals surface area contributed by atoms with Gasteiger partial charge < -0.3 is 19.7 Å². The molecule has 0 aliphatic carbocycles. The minimum Gasteiger partial charge on any atom is -0.490 e. The fourth-order valence-corrected chi connectivity index (χ4v) is 3.16. The molecule has 2 heterocycles. The molecule has 1 atom stereocenters. The van der Waals surface area contributed by atoms with Crippen molar-refractivity contribution in [3.8, 4) is 11.5 Å². The fourth-order valence-electron chi connectivity index (χ4n) is 3.16. The number of nitrogens with zero attached hydrogens (tertiary/aromatic N) is 1. The van der Waals surface area contributed by atoms with E-state index in [0.29, 0.717) is 6.04 Å². The van der Waals surface area contributed by atoms with E-state index in [1.54, 1.807) is 0 Å². The van der Waals surface area contributed by atoms with Gasteiger partial charge in [0.15, 0.2) is 11.5 Å². The van der Waals surface area contributed by atoms with Gasteiger partial charge in [-0.25, -0.2) is 0 Å². The Bertz CT molecular complexity index is 464. The first-order chi connectivity index (χ1) is 10.4. The number of benzene rings is 1. The van der Waals surface area contributed by atoms with Crippen molar-refractivity contribution in [3.05, 3.63) is 23.8 Å². The summed E-state index contributed by atoms with van der Waals surface area (Å²) in [6.45, 7) is 8.14. The second kappa shape index (κ2) is 7.14. The molecule has 0 spiro atoms. The van der Waals surface area contributed by atoms with Gasteiger partial charge in [0.1, 0.15) is 0 Å². The SMILES string of the molecule is CCN1CCCC(NCc2cccc3c2OCCCO3)C1. The highest BCUT2D eigenvalue weighted by Crippen LogP contribution is 2.33. The number of piperidine rings is 1. The van der Waals surface area contributed by atoms with Crippen LogP contribution in [0.5, 0.6) is 11.5 Å². The first-order valence-corrected chi connectivity index (χ1v) is 8.20. The Hall–Kier alpha value is -1.26. The molecule has 0 amide bonds. The average molecular weight is 290 g/mol. The standard InChI is InChI=1S/C17H26N2O2/c1-2-19-9-4-7-15(13-19)18-12-14-6-3-8-16-17(14)21-11-5-10-20-16/h3,6,8,15,18H,2,4-5,7,9-13H2,1H3. The van der Waals surface area contributed by atoms with Gasteiger partial charge in [-0.15, -0.1) is 0 Å². The molecule has 0 bridgehead atoms. The summed E-state index contributed by atoms with van der Waals surface area (Å²) in [5, 5.41) is 3.70. The minimum absolute atomic E-state index is 0.584. The Morgan fingerprint density at radius 2 is 2.14 bits per heavy atom. The smallest absolute Gasteiger partial charge is 0.165 e. The molecular weight excluding hydrogens is 264 g/mol. The van der Waals surface area contributed by atoms with Gasteiger partial charge in [-0.3, -0.25) is 0 Å². The zero-order chi connectivity index (χ0) is 14.5. The highest BCUT2D eigenvalue weighted by molar-refractivity contribution is 5.47. The molecule has 2 aliphatic heterocycles. The largest absolute Gasteiger partial charge is 0.490 e. The lowest BCUT2D eigenvalue weighted by Crippen LogP contribution is -2.45. The zero-order valence-corrected chi connectivity index (χ0v) is 12.9. The van der Waals surface area contributed by atoms with Crippen molar-refractivity contribution in [1.29, 1.82) is 0 Å². The lowest BCUT2D eigenvalue weighted by atomic mass is 10.1. The highest BCUT2D eigenvalue weighted by atomic mass is 16.5. The molecule has 1 N–H and O–H groups in total. The molecule has 0 saturated carbocycles. The molecular formula is C17H26N2O2. The van der Waals surface area contributed by atoms with Gasteiger partial charge in [-0.1, -0.05) is 19.1 Å². The van der Waals surface area contributed by atoms with Crippen LogP contribution >= 0.6 is 0 Å². The average Bonchev–Trinajstić information content (AvgIpc) is 2.79. The van der Waals surface area contributed by atoms with Gasteiger partial charge >= 0.3 is 0 Å². The van der Waals surface area contributed by atoms with Gasteiger partial charge in [0, 0.05) is 31.1 Å². The molecule has 1 aromatic rings. The van der Waals surface area contributed by atoms with Crippen molar-refractivity contribution in [1.82, 2.24) is 10.2 Å². The summed E-state index contributed by atoms with van der Waals surface area (Å²) in [5.41, 5.74) is 1.21. The van der Waals surface area contributed by atoms with E-state index >= 15 is 0 Å². The number of rotatable bonds is 4. The molecule has 4 nitrogen and oxygen atoms in total. The summed E-state index contributed by atoms with van der Waals surface area (Å²) in [4.78, 5) is 2.52. The van der Waals surface area contributed by atoms with Gasteiger partial charge in [-0.2, -0.15) is 0 Å². The van der Waals surface area contributed by atoms with Crippen LogP contribution < -0.4 is 14.8 Å². The summed E-state index contributed by atoms with van der Waals surface area (Å²) >= 11 is 0. The van der Waals surface area contributed by atoms with Gasteiger partial charge in [-0.05, 0) is 32.0 Å². The highest BCUT2D eigenvalue weighted by Gasteiger charge is 2.19. The molecule has 0 radical (unpaired) electrons. The normalized spacial score (nSPS) is 22.8. The van der Waals surface area contributed by atoms with Gasteiger partial charge in [0.05, 0.1) is 13.2 Å². The Kier molecular flexibility index (Phi) is 4.99. The van der Waals surface area contributed by atoms with Crippen LogP contribution in [-0.2, 0) is 6.54 Å². The van der Waals surface area contributed by atoms with Crippen molar-refractivity contribution in [2.24, 2.45) is 0 Å². The van der Waals surface area contributed by atoms with E-state index in [4.69, 9.17) is 9.47 Å². The van der Waals surface area contributed by atoms with Crippen LogP contribution in [-0.4, -0.2) is 43.8 Å². The van der Waals surface area contributed by atoms with Crippen LogP contribution in [0.1, 0.15) is 31.7 Å². The van der Waals surface area contributed by atoms with E-state index < -0.39 is 0 Å². The van der Waals surface area contributed by atoms with Gasteiger partial charge in [0.25, 0.3) is 0 Å². The van der Waals surface area contributed by atoms with Crippen LogP contribution in [0.4, 0.5) is 0 Å². The third kappa shape index (κ3) is 3.69. The molecule has 0 aromatic heterocycles. The molecule has 116 valence electrons. The lowest BCUT2D eigenvalue weighted by Gasteiger charge is -2.32. The minimum atomic E-state index is 0.584. The fraction of sp³-hybridized carbons (Fsp3) is 0.647. The Morgan fingerprint density at radius 1 is 1.24 bits per heavy atom. The Labute approximate surface area is 127 Å². The number of fused-ring (bicyclic) bond motifs is 1. The number of ether oxygens (including phenoxy) is 2. The van der Waals surface area contributed by atoms with E-state index in [9.17, 15) is 0 Å². The maximum Gasteiger partial charge on any atom is 0.165 e. The number of likely N-dealkylation sites (tertiary alicyclic amines) is 1. The van der Waals surface area contributed by atoms with E-state index in [-0.39, 0.29) is 0 Å². The van der Waals surface area contributed by atoms with Crippen LogP contribution in [0, 0.1) is 0 Å². The molecule has 4 heteroatoms. The van der Waals surface area contributed by atoms with Crippen LogP contribution in [0.2, 0.25) is 0 Å². The maximum atomic E-state index is 5.89. The summed E-state index contributed by atoms with van der Waals surface area (Å²) < 4.78 is 11.6. The lowest BCUT2D eigenvalue weighted by molar-refractivity contribution is 0.198. The van der Waals surface area contributed by atoms with E-state index in [1.807, 2.05) is 6.07 Å². The molecule has 2 aliphatic rings. The first kappa shape index (κ1) is 14.7. The summed E-state index contributed by atoms with van der Waals surface area (Å²) in [5.74, 6) is 1.83. The van der Waals surface area contributed by atoms with Crippen molar-refractivity contribution >= 4 is 0 Å². The Morgan fingerprint density at radius 3 is 3.05 bits per heavy atom. The van der Waals surface area contributed by atoms with E-state index in [0.717, 1.165) is 50.8 Å². The third-order valence-corrected chi connectivity index (χ3v) is 4.39. The molecule has 3 rings (SSSR count). The monoisotopic (exact) mass is 290 g/mol. The zero-order valence-electron chi connectivity index (χ0n) is 12.9. The predicted octanol–water partition coefficient (Wildman–Crippen LogP) is 2.42. The molecule has 1 fully saturated rings. The summed E-state index contributed by atoms with van der Waals surface area (Å²) in [6, 6.07) is 6.79. The van der Waals surface area contributed by atoms with Crippen molar-refractivity contribution in [2.45, 2.75) is 38.8 Å². The molecule has 21 heavy (non-hydrogen) atoms. The number of nitrogens with one attached hydrogen (secondary N) is 1. The van der Waals surface area contributed by atoms with Gasteiger partial charge in [0.2, 0.25) is 0 Å². The third-order valence-electron chi connectivity index (χ3n) is 4.39. The first-order valence-electron chi connectivity index (χ1n) is 8.20. The van der Waals surface area contributed by atoms with Crippen LogP contribution in [0.15, 0.2) is 18.2 Å². The van der Waals surface area contributed by atoms with Crippen LogP contribution in [0.25, 0.3) is 0 Å². The topological polar surface area (TPSA) is 33.7 Å². The second-order valence-electron chi connectivity index (χ2n) is 5.91. The molecule has 1 saturated heterocycles. The second-order valence-corrected chi connectivity index (χ2v) is 5.91. The van der Waals surface area contributed by atoms with Crippen molar-refractivity contribution in [2.75, 3.05) is 32.8 Å². The molecule has 1 unspecified atom stereocenters. The van der Waals surface area contributed by atoms with E-state index in [2.05, 4.69) is 29.3 Å². The summed E-state index contributed by atoms with van der Waals surface area (Å²) in [6.07, 6.45) is 3.51. The molecule has 1 aromatic carbocycles. The number of hydrogen-bond donors (Lipinski definition) is 1. The van der Waals surface area contributed by atoms with E-state index in [1.165, 1.54) is 24.9 Å². The predicted molar refractivity (Wildman–Crippen MR) is 84.0 cm³/mol. The van der Waals surface area contributed by atoms with Crippen LogP contribution in [0.3, 0.4) is 0 Å². The number of hydrogen-bond acceptors (Lipinski definition) is 4. The van der Waals surface area contributed by atoms with Crippen molar-refractivity contribution in [3.63, 3.8) is 0 Å². The summed E-state index contributed by atoms with van der Waals surface area (Å²) in [7, 11) is 0.